The van der Waals surface area contributed by atoms with E-state index in [9.17, 15) is 29.9 Å². The van der Waals surface area contributed by atoms with Crippen LogP contribution in [0.15, 0.2) is 82.7 Å². The Bertz CT molecular complexity index is 2350. The van der Waals surface area contributed by atoms with Crippen LogP contribution in [0, 0.1) is 5.82 Å². The molecule has 1 heterocycles. The number of hydrogen-bond donors (Lipinski definition) is 0. The molecule has 6 nitrogen and oxygen atoms in total. The van der Waals surface area contributed by atoms with Crippen LogP contribution in [0.5, 0.6) is 0 Å². The maximum Gasteiger partial charge on any atom is 0.416 e. The number of halogens is 4. The molecule has 0 N–H and O–H groups in total. The molecule has 0 radical (unpaired) electrons. The van der Waals surface area contributed by atoms with Gasteiger partial charge in [0, 0.05) is 55.7 Å². The highest BCUT2D eigenvalue weighted by molar-refractivity contribution is 7.98. The average Bonchev–Trinajstić information content (AvgIpc) is 3.65. The fourth-order valence-corrected chi connectivity index (χ4v) is 5.65. The second-order valence-electron chi connectivity index (χ2n) is 10.3. The third kappa shape index (κ3) is 8.70. The summed E-state index contributed by atoms with van der Waals surface area (Å²) in [6.45, 7) is -27.1. The number of fused-ring (bicyclic) bond motifs is 1. The Morgan fingerprint density at radius 3 is 2.21 bits per heavy atom. The van der Waals surface area contributed by atoms with Gasteiger partial charge in [-0.3, -0.25) is 9.59 Å². The van der Waals surface area contributed by atoms with E-state index in [0.717, 1.165) is 41.0 Å². The van der Waals surface area contributed by atoms with E-state index in [4.69, 9.17) is 19.2 Å². The third-order valence-electron chi connectivity index (χ3n) is 7.26. The van der Waals surface area contributed by atoms with Gasteiger partial charge in [0.15, 0.2) is 5.16 Å². The third-order valence-corrected chi connectivity index (χ3v) is 8.09. The molecule has 0 spiro atoms. The molecule has 3 aromatic carbocycles. The molecule has 11 heteroatoms. The molecule has 0 bridgehead atoms. The van der Waals surface area contributed by atoms with Gasteiger partial charge in [0.2, 0.25) is 5.91 Å². The second kappa shape index (κ2) is 15.3. The molecular formula is C36H38F4N4O2S. The Hall–Kier alpha value is -3.96. The fourth-order valence-electron chi connectivity index (χ4n) is 4.89. The summed E-state index contributed by atoms with van der Waals surface area (Å²) < 4.78 is 189. The molecule has 0 aliphatic heterocycles. The Morgan fingerprint density at radius 2 is 1.57 bits per heavy atom. The topological polar surface area (TPSA) is 58.4 Å². The fraction of sp³-hybridized carbons (Fsp3) is 0.361. The van der Waals surface area contributed by atoms with Crippen molar-refractivity contribution >= 4 is 17.7 Å². The quantitative estimate of drug-likeness (QED) is 0.0847. The summed E-state index contributed by atoms with van der Waals surface area (Å²) in [5.41, 5.74) is -3.32. The molecular weight excluding hydrogens is 628 g/mol. The molecule has 0 atom stereocenters. The first-order valence-corrected chi connectivity index (χ1v) is 14.9. The lowest BCUT2D eigenvalue weighted by Crippen LogP contribution is -2.40. The highest BCUT2D eigenvalue weighted by Crippen LogP contribution is 2.31. The Balaban J connectivity index is 1.66. The van der Waals surface area contributed by atoms with Gasteiger partial charge < -0.3 is 14.4 Å². The minimum absolute atomic E-state index is 0.0200. The molecule has 248 valence electrons. The Morgan fingerprint density at radius 1 is 0.936 bits per heavy atom. The Kier molecular flexibility index (Phi) is 6.23. The maximum atomic E-state index is 14.8. The molecule has 1 aromatic heterocycles. The van der Waals surface area contributed by atoms with Crippen LogP contribution >= 0.6 is 11.8 Å². The first kappa shape index (κ1) is 19.1. The van der Waals surface area contributed by atoms with E-state index in [-0.39, 0.29) is 40.1 Å². The van der Waals surface area contributed by atoms with E-state index >= 15 is 0 Å². The average molecular weight is 683 g/mol. The van der Waals surface area contributed by atoms with Crippen molar-refractivity contribution in [2.45, 2.75) is 63.1 Å². The zero-order valence-corrected chi connectivity index (χ0v) is 25.3. The summed E-state index contributed by atoms with van der Waals surface area (Å²) >= 11 is 0.330. The normalized spacial score (nSPS) is 19.9. The lowest BCUT2D eigenvalue weighted by Gasteiger charge is -2.28. The minimum Gasteiger partial charge on any atom is -0.336 e. The number of hydrogen-bond acceptors (Lipinski definition) is 5. The van der Waals surface area contributed by atoms with Gasteiger partial charge in [0.05, 0.1) is 8.30 Å². The largest absolute Gasteiger partial charge is 0.416 e. The SMILES string of the molecule is [2H]C([2H])(Sc1nc(=O)c2c(n1CC(=O)N(Cc1ccc(-c3ccc(C(F)(F)F)cc3)cc1)C([2H])([2H])C([2H])([2H])N(C([2H])([2H])C([2H])([2H])[2H])C([2H])([2H])C([2H])([2H])[2H])CCC2)c1ccc(F)cc1. The number of carbonyl (C=O) groups excluding carboxylic acids is 1. The van der Waals surface area contributed by atoms with Crippen molar-refractivity contribution in [3.05, 3.63) is 117 Å². The number of likely N-dealkylation sites (N-methyl/N-ethyl adjacent to an activating group) is 1. The van der Waals surface area contributed by atoms with Crippen LogP contribution in [0.3, 0.4) is 0 Å². The zero-order valence-electron chi connectivity index (χ0n) is 40.5. The molecule has 1 aliphatic rings. The standard InChI is InChI=1S/C36H38F4N4O2S/c1-3-42(4-2)20-21-43(22-25-8-12-27(13-9-25)28-14-16-29(17-15-28)36(38,39)40)33(45)23-44-32-7-5-6-31(32)34(46)41-35(44)47-24-26-10-18-30(37)19-11-26/h8-19H,3-7,20-24H2,1-2H3/i1D3,2D3,3D2,4D2,20D2,21D2,24D2. The lowest BCUT2D eigenvalue weighted by atomic mass is 10.0. The molecule has 47 heavy (non-hydrogen) atoms. The van der Waals surface area contributed by atoms with Crippen LogP contribution in [0.1, 0.15) is 70.0 Å². The predicted molar refractivity (Wildman–Crippen MR) is 177 cm³/mol. The molecule has 0 unspecified atom stereocenters. The number of alkyl halides is 3. The van der Waals surface area contributed by atoms with Crippen LogP contribution in [-0.4, -0.2) is 51.2 Å². The highest BCUT2D eigenvalue weighted by Gasteiger charge is 2.30. The van der Waals surface area contributed by atoms with Crippen LogP contribution in [-0.2, 0) is 42.6 Å². The number of aromatic nitrogens is 2. The summed E-state index contributed by atoms with van der Waals surface area (Å²) in [7, 11) is 0. The zero-order chi connectivity index (χ0) is 47.5. The van der Waals surface area contributed by atoms with Crippen LogP contribution in [0.2, 0.25) is 0 Å². The number of nitrogens with zero attached hydrogens (tertiary/aromatic N) is 4. The summed E-state index contributed by atoms with van der Waals surface area (Å²) in [6, 6.07) is 13.5. The van der Waals surface area contributed by atoms with E-state index < -0.39 is 97.6 Å². The van der Waals surface area contributed by atoms with Crippen molar-refractivity contribution in [3.8, 4) is 11.1 Å². The molecule has 1 aliphatic carbocycles. The predicted octanol–water partition coefficient (Wildman–Crippen LogP) is 7.22. The molecule has 0 fully saturated rings. The molecule has 0 saturated carbocycles. The van der Waals surface area contributed by atoms with Crippen molar-refractivity contribution in [1.29, 1.82) is 0 Å². The molecule has 0 saturated heterocycles. The van der Waals surface area contributed by atoms with Gasteiger partial charge in [-0.25, -0.2) is 4.39 Å². The monoisotopic (exact) mass is 682 g/mol. The van der Waals surface area contributed by atoms with E-state index in [2.05, 4.69) is 4.98 Å². The smallest absolute Gasteiger partial charge is 0.336 e. The van der Waals surface area contributed by atoms with E-state index in [1.54, 1.807) is 0 Å². The molecule has 4 aromatic rings. The summed E-state index contributed by atoms with van der Waals surface area (Å²) in [5, 5.41) is -0.424. The van der Waals surface area contributed by atoms with Crippen LogP contribution in [0.25, 0.3) is 11.1 Å². The Labute approximate surface area is 298 Å². The van der Waals surface area contributed by atoms with Crippen LogP contribution < -0.4 is 5.56 Å². The lowest BCUT2D eigenvalue weighted by molar-refractivity contribution is -0.137. The number of thioether (sulfide) groups is 1. The minimum atomic E-state index is -4.62. The molecule has 5 rings (SSSR count). The van der Waals surface area contributed by atoms with Gasteiger partial charge in [-0.2, -0.15) is 18.2 Å². The van der Waals surface area contributed by atoms with Gasteiger partial charge in [-0.15, -0.1) is 0 Å². The van der Waals surface area contributed by atoms with Crippen molar-refractivity contribution < 1.29 is 44.3 Å². The molecule has 1 amide bonds. The number of amides is 1. The first-order chi connectivity index (χ1) is 28.6. The number of benzene rings is 3. The van der Waals surface area contributed by atoms with Crippen LogP contribution in [0.4, 0.5) is 17.6 Å². The van der Waals surface area contributed by atoms with Gasteiger partial charge in [-0.05, 0) is 78.8 Å². The van der Waals surface area contributed by atoms with E-state index in [1.165, 1.54) is 36.4 Å². The van der Waals surface area contributed by atoms with Crippen molar-refractivity contribution in [1.82, 2.24) is 19.4 Å². The maximum absolute atomic E-state index is 14.8. The summed E-state index contributed by atoms with van der Waals surface area (Å²) in [5.74, 6) is -2.10. The number of carbonyl (C=O) groups is 1. The van der Waals surface area contributed by atoms with Crippen molar-refractivity contribution in [2.24, 2.45) is 0 Å². The second-order valence-corrected chi connectivity index (χ2v) is 11.1. The summed E-state index contributed by atoms with van der Waals surface area (Å²) in [4.78, 5) is 31.2. The van der Waals surface area contributed by atoms with Gasteiger partial charge in [0.25, 0.3) is 5.56 Å². The highest BCUT2D eigenvalue weighted by atomic mass is 32.2. The van der Waals surface area contributed by atoms with Gasteiger partial charge in [-0.1, -0.05) is 74.0 Å². The summed E-state index contributed by atoms with van der Waals surface area (Å²) in [6.07, 6.45) is -3.96. The first-order valence-electron chi connectivity index (χ1n) is 22.1. The van der Waals surface area contributed by atoms with Gasteiger partial charge in [0.1, 0.15) is 12.4 Å². The van der Waals surface area contributed by atoms with Gasteiger partial charge >= 0.3 is 6.18 Å². The van der Waals surface area contributed by atoms with E-state index in [1.807, 2.05) is 0 Å². The van der Waals surface area contributed by atoms with E-state index in [0.29, 0.717) is 29.3 Å². The van der Waals surface area contributed by atoms with Crippen molar-refractivity contribution in [3.63, 3.8) is 0 Å². The van der Waals surface area contributed by atoms with Crippen molar-refractivity contribution in [2.75, 3.05) is 26.0 Å². The number of rotatable bonds is 13.